The fraction of sp³-hybridized carbons (Fsp3) is 0.357. The van der Waals surface area contributed by atoms with Crippen molar-refractivity contribution in [3.05, 3.63) is 71.8 Å². The Kier molecular flexibility index (Phi) is 7.64. The number of carbonyl (C=O) groups excluding carboxylic acids is 2. The van der Waals surface area contributed by atoms with Gasteiger partial charge in [0.1, 0.15) is 6.04 Å². The van der Waals surface area contributed by atoms with E-state index in [1.807, 2.05) is 62.4 Å². The van der Waals surface area contributed by atoms with E-state index in [1.165, 1.54) is 4.31 Å². The molecule has 1 aliphatic heterocycles. The Labute approximate surface area is 213 Å². The summed E-state index contributed by atoms with van der Waals surface area (Å²) in [7, 11) is -3.67. The van der Waals surface area contributed by atoms with Crippen LogP contribution in [-0.4, -0.2) is 44.3 Å². The summed E-state index contributed by atoms with van der Waals surface area (Å²) < 4.78 is 27.8. The van der Waals surface area contributed by atoms with Crippen LogP contribution in [0.4, 0.5) is 5.69 Å². The molecular formula is C28H33N3O4S. The molecule has 1 N–H and O–H groups in total. The van der Waals surface area contributed by atoms with Crippen molar-refractivity contribution in [2.24, 2.45) is 0 Å². The van der Waals surface area contributed by atoms with E-state index in [1.54, 1.807) is 24.0 Å². The molecule has 0 radical (unpaired) electrons. The van der Waals surface area contributed by atoms with Gasteiger partial charge in [0, 0.05) is 31.4 Å². The Bertz CT molecular complexity index is 1360. The van der Waals surface area contributed by atoms with Gasteiger partial charge in [-0.3, -0.25) is 13.9 Å². The van der Waals surface area contributed by atoms with Crippen LogP contribution in [0.1, 0.15) is 44.2 Å². The molecule has 0 bridgehead atoms. The van der Waals surface area contributed by atoms with Crippen LogP contribution in [0.5, 0.6) is 0 Å². The smallest absolute Gasteiger partial charge is 0.265 e. The third-order valence-electron chi connectivity index (χ3n) is 6.62. The average molecular weight is 508 g/mol. The third-order valence-corrected chi connectivity index (χ3v) is 8.48. The van der Waals surface area contributed by atoms with Gasteiger partial charge in [-0.2, -0.15) is 0 Å². The van der Waals surface area contributed by atoms with E-state index in [2.05, 4.69) is 5.32 Å². The molecular weight excluding hydrogens is 474 g/mol. The normalized spacial score (nSPS) is 14.6. The second-order valence-corrected chi connectivity index (χ2v) is 11.1. The van der Waals surface area contributed by atoms with Gasteiger partial charge in [0.15, 0.2) is 0 Å². The highest BCUT2D eigenvalue weighted by Gasteiger charge is 2.35. The molecule has 2 amide bonds. The molecule has 3 aromatic carbocycles. The molecule has 0 saturated heterocycles. The van der Waals surface area contributed by atoms with Crippen LogP contribution >= 0.6 is 0 Å². The minimum Gasteiger partial charge on any atom is -0.354 e. The first-order valence-electron chi connectivity index (χ1n) is 12.4. The molecule has 3 aromatic rings. The van der Waals surface area contributed by atoms with E-state index in [4.69, 9.17) is 0 Å². The Hall–Kier alpha value is -3.39. The summed E-state index contributed by atoms with van der Waals surface area (Å²) in [5, 5.41) is 4.48. The number of nitrogens with one attached hydrogen (secondary N) is 1. The summed E-state index contributed by atoms with van der Waals surface area (Å²) >= 11 is 0. The first-order chi connectivity index (χ1) is 17.2. The van der Waals surface area contributed by atoms with Crippen molar-refractivity contribution in [1.29, 1.82) is 0 Å². The minimum absolute atomic E-state index is 0.135. The fourth-order valence-corrected chi connectivity index (χ4v) is 6.33. The quantitative estimate of drug-likeness (QED) is 0.441. The standard InChI is InChI=1S/C28H33N3O4S/c1-4-17-29-28(33)21(3)30(19-22-15-13-20(2)14-16-22)26(32)12-7-18-31-24-10-5-8-23-9-6-11-25(27(23)24)36(31,34)35/h5-6,8-11,13-16,21H,4,7,12,17-19H2,1-3H3,(H,29,33)/t21-/m1/s1. The SMILES string of the molecule is CCCNC(=O)[C@@H](C)N(Cc1ccc(C)cc1)C(=O)CCCN1c2cccc3cccc(c23)S1(=O)=O. The van der Waals surface area contributed by atoms with E-state index in [0.717, 1.165) is 28.3 Å². The summed E-state index contributed by atoms with van der Waals surface area (Å²) in [5.74, 6) is -0.372. The molecule has 1 heterocycles. The van der Waals surface area contributed by atoms with Crippen molar-refractivity contribution in [1.82, 2.24) is 10.2 Å². The summed E-state index contributed by atoms with van der Waals surface area (Å²) in [5.41, 5.74) is 2.71. The van der Waals surface area contributed by atoms with Crippen molar-refractivity contribution >= 4 is 38.3 Å². The van der Waals surface area contributed by atoms with Crippen LogP contribution in [-0.2, 0) is 26.2 Å². The Morgan fingerprint density at radius 1 is 1.03 bits per heavy atom. The van der Waals surface area contributed by atoms with Gasteiger partial charge >= 0.3 is 0 Å². The maximum atomic E-state index is 13.4. The fourth-order valence-electron chi connectivity index (χ4n) is 4.59. The zero-order valence-electron chi connectivity index (χ0n) is 21.0. The number of hydrogen-bond donors (Lipinski definition) is 1. The van der Waals surface area contributed by atoms with Crippen LogP contribution in [0.2, 0.25) is 0 Å². The summed E-state index contributed by atoms with van der Waals surface area (Å²) in [6.45, 7) is 6.77. The molecule has 0 aliphatic carbocycles. The van der Waals surface area contributed by atoms with E-state index in [-0.39, 0.29) is 24.8 Å². The molecule has 0 fully saturated rings. The third kappa shape index (κ3) is 5.09. The van der Waals surface area contributed by atoms with E-state index in [9.17, 15) is 18.0 Å². The maximum Gasteiger partial charge on any atom is 0.265 e. The van der Waals surface area contributed by atoms with Gasteiger partial charge in [-0.25, -0.2) is 8.42 Å². The summed E-state index contributed by atoms with van der Waals surface area (Å²) in [6, 6.07) is 18.1. The highest BCUT2D eigenvalue weighted by Crippen LogP contribution is 2.42. The highest BCUT2D eigenvalue weighted by atomic mass is 32.2. The summed E-state index contributed by atoms with van der Waals surface area (Å²) in [6.07, 6.45) is 1.29. The first kappa shape index (κ1) is 25.7. The Morgan fingerprint density at radius 3 is 2.42 bits per heavy atom. The van der Waals surface area contributed by atoms with Crippen LogP contribution in [0.15, 0.2) is 65.6 Å². The van der Waals surface area contributed by atoms with Gasteiger partial charge in [-0.15, -0.1) is 0 Å². The molecule has 4 rings (SSSR count). The number of amides is 2. The van der Waals surface area contributed by atoms with Crippen molar-refractivity contribution in [2.75, 3.05) is 17.4 Å². The second kappa shape index (κ2) is 10.7. The molecule has 190 valence electrons. The van der Waals surface area contributed by atoms with Gasteiger partial charge in [0.25, 0.3) is 10.0 Å². The van der Waals surface area contributed by atoms with E-state index >= 15 is 0 Å². The molecule has 0 saturated carbocycles. The van der Waals surface area contributed by atoms with Gasteiger partial charge in [-0.1, -0.05) is 61.0 Å². The van der Waals surface area contributed by atoms with Crippen molar-refractivity contribution in [3.63, 3.8) is 0 Å². The zero-order chi connectivity index (χ0) is 25.9. The number of sulfonamides is 1. The van der Waals surface area contributed by atoms with E-state index < -0.39 is 16.1 Å². The molecule has 0 unspecified atom stereocenters. The number of hydrogen-bond acceptors (Lipinski definition) is 4. The molecule has 1 aliphatic rings. The predicted molar refractivity (Wildman–Crippen MR) is 142 cm³/mol. The van der Waals surface area contributed by atoms with Crippen molar-refractivity contribution < 1.29 is 18.0 Å². The number of carbonyl (C=O) groups is 2. The molecule has 36 heavy (non-hydrogen) atoms. The highest BCUT2D eigenvalue weighted by molar-refractivity contribution is 7.93. The van der Waals surface area contributed by atoms with Crippen LogP contribution in [0.3, 0.4) is 0 Å². The summed E-state index contributed by atoms with van der Waals surface area (Å²) in [4.78, 5) is 28.0. The van der Waals surface area contributed by atoms with Gasteiger partial charge < -0.3 is 10.2 Å². The second-order valence-electron chi connectivity index (χ2n) is 9.29. The van der Waals surface area contributed by atoms with Crippen LogP contribution in [0.25, 0.3) is 10.8 Å². The van der Waals surface area contributed by atoms with Crippen LogP contribution in [0, 0.1) is 6.92 Å². The lowest BCUT2D eigenvalue weighted by Crippen LogP contribution is -2.47. The van der Waals surface area contributed by atoms with Crippen LogP contribution < -0.4 is 9.62 Å². The first-order valence-corrected chi connectivity index (χ1v) is 13.8. The molecule has 8 heteroatoms. The molecule has 0 aromatic heterocycles. The predicted octanol–water partition coefficient (Wildman–Crippen LogP) is 4.38. The van der Waals surface area contributed by atoms with Gasteiger partial charge in [-0.05, 0) is 49.8 Å². The number of aryl methyl sites for hydroxylation is 1. The number of anilines is 1. The van der Waals surface area contributed by atoms with Crippen molar-refractivity contribution in [2.45, 2.75) is 57.5 Å². The largest absolute Gasteiger partial charge is 0.354 e. The Morgan fingerprint density at radius 2 is 1.72 bits per heavy atom. The lowest BCUT2D eigenvalue weighted by atomic mass is 10.1. The molecule has 1 atom stereocenters. The monoisotopic (exact) mass is 507 g/mol. The number of nitrogens with zero attached hydrogens (tertiary/aromatic N) is 2. The maximum absolute atomic E-state index is 13.4. The lowest BCUT2D eigenvalue weighted by Gasteiger charge is -2.29. The zero-order valence-corrected chi connectivity index (χ0v) is 21.8. The topological polar surface area (TPSA) is 86.8 Å². The van der Waals surface area contributed by atoms with Gasteiger partial charge in [0.2, 0.25) is 11.8 Å². The molecule has 0 spiro atoms. The lowest BCUT2D eigenvalue weighted by molar-refractivity contribution is -0.140. The van der Waals surface area contributed by atoms with E-state index in [0.29, 0.717) is 30.1 Å². The molecule has 7 nitrogen and oxygen atoms in total. The Balaban J connectivity index is 1.48. The number of benzene rings is 3. The van der Waals surface area contributed by atoms with Crippen molar-refractivity contribution in [3.8, 4) is 0 Å². The minimum atomic E-state index is -3.67. The average Bonchev–Trinajstić information content (AvgIpc) is 3.09. The number of rotatable bonds is 10. The van der Waals surface area contributed by atoms with Gasteiger partial charge in [0.05, 0.1) is 10.6 Å².